The molecule has 94 valence electrons. The Morgan fingerprint density at radius 1 is 1.18 bits per heavy atom. The van der Waals surface area contributed by atoms with E-state index in [2.05, 4.69) is 22.8 Å². The second-order valence-electron chi connectivity index (χ2n) is 5.42. The van der Waals surface area contributed by atoms with E-state index in [1.807, 2.05) is 10.2 Å². The van der Waals surface area contributed by atoms with Crippen LogP contribution >= 0.6 is 0 Å². The summed E-state index contributed by atoms with van der Waals surface area (Å²) in [6.45, 7) is 1.77. The fourth-order valence-electron chi connectivity index (χ4n) is 3.70. The number of rotatable bonds is 0. The molecule has 4 aliphatic rings. The average Bonchev–Trinajstić information content (AvgIpc) is 2.92. The van der Waals surface area contributed by atoms with Crippen molar-refractivity contribution in [1.29, 1.82) is 0 Å². The third-order valence-electron chi connectivity index (χ3n) is 4.54. The fourth-order valence-corrected chi connectivity index (χ4v) is 3.70. The number of hydrazine groups is 4. The van der Waals surface area contributed by atoms with Crippen LogP contribution in [0.1, 0.15) is 25.7 Å². The summed E-state index contributed by atoms with van der Waals surface area (Å²) in [5, 5.41) is 19.5. The maximum atomic E-state index is 12.3. The SMILES string of the molecule is [O-]N1C2CCCCC2C2CN3C=CCN3NN21. The summed E-state index contributed by atoms with van der Waals surface area (Å²) in [5.41, 5.74) is 3.23. The van der Waals surface area contributed by atoms with Crippen LogP contribution in [0.25, 0.3) is 0 Å². The van der Waals surface area contributed by atoms with Gasteiger partial charge in [-0.05, 0) is 24.8 Å². The maximum absolute atomic E-state index is 12.3. The lowest BCUT2D eigenvalue weighted by Gasteiger charge is -2.47. The summed E-state index contributed by atoms with van der Waals surface area (Å²) in [7, 11) is 0. The van der Waals surface area contributed by atoms with Gasteiger partial charge in [0.15, 0.2) is 0 Å². The molecule has 17 heavy (non-hydrogen) atoms. The lowest BCUT2D eigenvalue weighted by atomic mass is 9.81. The Balaban J connectivity index is 1.61. The molecule has 6 heteroatoms. The topological polar surface area (TPSA) is 48.1 Å². The van der Waals surface area contributed by atoms with Crippen molar-refractivity contribution in [2.45, 2.75) is 37.8 Å². The van der Waals surface area contributed by atoms with Crippen molar-refractivity contribution >= 4 is 0 Å². The highest BCUT2D eigenvalue weighted by Gasteiger charge is 2.48. The van der Waals surface area contributed by atoms with Crippen molar-refractivity contribution in [3.63, 3.8) is 0 Å². The zero-order chi connectivity index (χ0) is 11.4. The maximum Gasteiger partial charge on any atom is 0.0641 e. The van der Waals surface area contributed by atoms with Crippen LogP contribution in [0.15, 0.2) is 12.3 Å². The molecule has 0 amide bonds. The van der Waals surface area contributed by atoms with Gasteiger partial charge < -0.3 is 5.21 Å². The Labute approximate surface area is 101 Å². The third-order valence-corrected chi connectivity index (χ3v) is 4.54. The Morgan fingerprint density at radius 2 is 2.06 bits per heavy atom. The second-order valence-corrected chi connectivity index (χ2v) is 5.42. The first-order valence-corrected chi connectivity index (χ1v) is 6.57. The fraction of sp³-hybridized carbons (Fsp3) is 0.818. The van der Waals surface area contributed by atoms with Crippen molar-refractivity contribution in [3.8, 4) is 0 Å². The third kappa shape index (κ3) is 1.39. The monoisotopic (exact) mass is 236 g/mol. The number of hydroxylamine groups is 1. The molecule has 2 saturated heterocycles. The summed E-state index contributed by atoms with van der Waals surface area (Å²) in [6, 6.07) is 0.531. The van der Waals surface area contributed by atoms with Crippen LogP contribution in [0.3, 0.4) is 0 Å². The summed E-state index contributed by atoms with van der Waals surface area (Å²) in [4.78, 5) is 0. The largest absolute Gasteiger partial charge is 0.770 e. The van der Waals surface area contributed by atoms with E-state index in [4.69, 9.17) is 0 Å². The molecule has 3 fully saturated rings. The van der Waals surface area contributed by atoms with Gasteiger partial charge in [-0.1, -0.05) is 12.8 Å². The van der Waals surface area contributed by atoms with Gasteiger partial charge in [-0.15, -0.1) is 5.12 Å². The molecule has 4 rings (SSSR count). The molecule has 6 nitrogen and oxygen atoms in total. The van der Waals surface area contributed by atoms with Crippen LogP contribution < -0.4 is 5.53 Å². The molecular weight excluding hydrogens is 218 g/mol. The molecule has 1 aliphatic carbocycles. The van der Waals surface area contributed by atoms with Crippen molar-refractivity contribution in [2.24, 2.45) is 5.92 Å². The minimum Gasteiger partial charge on any atom is -0.770 e. The standard InChI is InChI=1S/C11H18N5O/c17-16-10-5-2-1-4-9(10)11-8-13-6-3-7-14(13)12-15(11)16/h3,6,9-12H,1-2,4-5,7-8H2/q-1. The predicted octanol–water partition coefficient (Wildman–Crippen LogP) is 0.424. The highest BCUT2D eigenvalue weighted by molar-refractivity contribution is 5.02. The zero-order valence-electron chi connectivity index (χ0n) is 9.83. The Hall–Kier alpha value is -0.660. The first-order valence-electron chi connectivity index (χ1n) is 6.57. The number of hydrogen-bond acceptors (Lipinski definition) is 6. The highest BCUT2D eigenvalue weighted by atomic mass is 16.6. The van der Waals surface area contributed by atoms with Gasteiger partial charge in [0, 0.05) is 12.2 Å². The number of nitrogens with zero attached hydrogens (tertiary/aromatic N) is 4. The van der Waals surface area contributed by atoms with E-state index in [0.29, 0.717) is 12.0 Å². The van der Waals surface area contributed by atoms with Crippen LogP contribution in [-0.4, -0.2) is 45.6 Å². The molecule has 3 aliphatic heterocycles. The molecule has 0 aromatic rings. The number of hydrogen-bond donors (Lipinski definition) is 1. The number of nitrogens with one attached hydrogen (secondary N) is 1. The summed E-state index contributed by atoms with van der Waals surface area (Å²) in [5.74, 6) is 0.532. The normalized spacial score (nSPS) is 42.6. The van der Waals surface area contributed by atoms with Gasteiger partial charge in [0.25, 0.3) is 0 Å². The van der Waals surface area contributed by atoms with E-state index in [1.54, 1.807) is 0 Å². The van der Waals surface area contributed by atoms with Crippen LogP contribution in [0, 0.1) is 11.1 Å². The molecule has 0 radical (unpaired) electrons. The van der Waals surface area contributed by atoms with E-state index in [9.17, 15) is 5.21 Å². The molecule has 3 unspecified atom stereocenters. The van der Waals surface area contributed by atoms with E-state index < -0.39 is 0 Å². The second kappa shape index (κ2) is 3.66. The molecule has 1 N–H and O–H groups in total. The molecule has 0 bridgehead atoms. The van der Waals surface area contributed by atoms with Gasteiger partial charge in [0.1, 0.15) is 0 Å². The quantitative estimate of drug-likeness (QED) is 0.658. The first-order chi connectivity index (χ1) is 8.34. The van der Waals surface area contributed by atoms with E-state index in [1.165, 1.54) is 24.4 Å². The molecular formula is C11H18N5O-. The van der Waals surface area contributed by atoms with Gasteiger partial charge in [0.2, 0.25) is 0 Å². The summed E-state index contributed by atoms with van der Waals surface area (Å²) < 4.78 is 0. The van der Waals surface area contributed by atoms with Crippen molar-refractivity contribution in [2.75, 3.05) is 13.1 Å². The van der Waals surface area contributed by atoms with Crippen molar-refractivity contribution in [1.82, 2.24) is 26.0 Å². The van der Waals surface area contributed by atoms with Gasteiger partial charge in [-0.25, -0.2) is 0 Å². The van der Waals surface area contributed by atoms with Gasteiger partial charge in [-0.3, -0.25) is 10.2 Å². The smallest absolute Gasteiger partial charge is 0.0641 e. The van der Waals surface area contributed by atoms with Gasteiger partial charge in [-0.2, -0.15) is 10.7 Å². The summed E-state index contributed by atoms with van der Waals surface area (Å²) >= 11 is 0. The van der Waals surface area contributed by atoms with Crippen LogP contribution in [-0.2, 0) is 0 Å². The minimum absolute atomic E-state index is 0.200. The molecule has 0 aromatic heterocycles. The first kappa shape index (κ1) is 10.3. The van der Waals surface area contributed by atoms with Crippen molar-refractivity contribution < 1.29 is 0 Å². The Kier molecular flexibility index (Phi) is 2.22. The van der Waals surface area contributed by atoms with Crippen molar-refractivity contribution in [3.05, 3.63) is 17.5 Å². The van der Waals surface area contributed by atoms with E-state index >= 15 is 0 Å². The molecule has 0 aromatic carbocycles. The van der Waals surface area contributed by atoms with E-state index in [-0.39, 0.29) is 6.04 Å². The zero-order valence-corrected chi connectivity index (χ0v) is 9.83. The van der Waals surface area contributed by atoms with Crippen LogP contribution in [0.4, 0.5) is 0 Å². The summed E-state index contributed by atoms with van der Waals surface area (Å²) in [6.07, 6.45) is 8.95. The average molecular weight is 236 g/mol. The van der Waals surface area contributed by atoms with Gasteiger partial charge in [0.05, 0.1) is 19.1 Å². The highest BCUT2D eigenvalue weighted by Crippen LogP contribution is 2.40. The minimum atomic E-state index is 0.200. The Morgan fingerprint density at radius 3 is 3.00 bits per heavy atom. The van der Waals surface area contributed by atoms with E-state index in [0.717, 1.165) is 19.5 Å². The Bertz CT molecular complexity index is 349. The van der Waals surface area contributed by atoms with Gasteiger partial charge >= 0.3 is 0 Å². The molecule has 3 atom stereocenters. The molecule has 0 spiro atoms. The molecule has 1 saturated carbocycles. The van der Waals surface area contributed by atoms with Crippen LogP contribution in [0.2, 0.25) is 0 Å². The molecule has 3 heterocycles. The lowest BCUT2D eigenvalue weighted by molar-refractivity contribution is -0.205. The number of fused-ring (bicyclic) bond motifs is 4. The predicted molar refractivity (Wildman–Crippen MR) is 62.3 cm³/mol. The van der Waals surface area contributed by atoms with Crippen LogP contribution in [0.5, 0.6) is 0 Å². The lowest BCUT2D eigenvalue weighted by Crippen LogP contribution is -2.66.